The van der Waals surface area contributed by atoms with Gasteiger partial charge in [-0.2, -0.15) is 5.10 Å². The molecule has 19 heavy (non-hydrogen) atoms. The van der Waals surface area contributed by atoms with Crippen LogP contribution in [0.25, 0.3) is 0 Å². The molecule has 1 aromatic heterocycles. The van der Waals surface area contributed by atoms with Crippen LogP contribution >= 0.6 is 0 Å². The Hall–Kier alpha value is -1.56. The summed E-state index contributed by atoms with van der Waals surface area (Å²) in [5.41, 5.74) is 7.91. The lowest BCUT2D eigenvalue weighted by Gasteiger charge is -2.15. The quantitative estimate of drug-likeness (QED) is 0.849. The molecule has 0 bridgehead atoms. The molecule has 1 amide bonds. The molecule has 2 fully saturated rings. The first kappa shape index (κ1) is 12.5. The Bertz CT molecular complexity index is 481. The molecule has 0 spiro atoms. The van der Waals surface area contributed by atoms with Crippen molar-refractivity contribution in [3.63, 3.8) is 0 Å². The number of likely N-dealkylation sites (tertiary alicyclic amines) is 1. The summed E-state index contributed by atoms with van der Waals surface area (Å²) in [6.07, 6.45) is 3.26. The average molecular weight is 264 g/mol. The first-order chi connectivity index (χ1) is 9.20. The van der Waals surface area contributed by atoms with Crippen molar-refractivity contribution < 1.29 is 9.53 Å². The van der Waals surface area contributed by atoms with Crippen molar-refractivity contribution in [2.75, 3.05) is 32.5 Å². The lowest BCUT2D eigenvalue weighted by atomic mass is 10.1. The van der Waals surface area contributed by atoms with Crippen LogP contribution in [0.5, 0.6) is 0 Å². The maximum Gasteiger partial charge on any atom is 0.276 e. The number of nitrogens with two attached hydrogens (primary N) is 1. The minimum atomic E-state index is -0.0562. The van der Waals surface area contributed by atoms with Crippen LogP contribution in [0.3, 0.4) is 0 Å². The van der Waals surface area contributed by atoms with E-state index in [2.05, 4.69) is 10.2 Å². The number of ether oxygens (including phenoxy) is 1. The van der Waals surface area contributed by atoms with E-state index in [9.17, 15) is 4.79 Å². The number of nitrogens with zero attached hydrogens (tertiary/aromatic N) is 2. The number of nitrogens with one attached hydrogen (secondary N) is 1. The second kappa shape index (κ2) is 4.85. The van der Waals surface area contributed by atoms with Crippen molar-refractivity contribution in [1.29, 1.82) is 0 Å². The molecule has 1 unspecified atom stereocenters. The van der Waals surface area contributed by atoms with E-state index in [1.54, 1.807) is 7.11 Å². The average Bonchev–Trinajstić information content (AvgIpc) is 3.01. The van der Waals surface area contributed by atoms with Crippen molar-refractivity contribution in [3.05, 3.63) is 11.4 Å². The molecule has 0 radical (unpaired) electrons. The zero-order valence-corrected chi connectivity index (χ0v) is 11.2. The number of methoxy groups -OCH3 is 1. The zero-order valence-electron chi connectivity index (χ0n) is 11.2. The monoisotopic (exact) mass is 264 g/mol. The van der Waals surface area contributed by atoms with Crippen LogP contribution in [0.4, 0.5) is 5.69 Å². The van der Waals surface area contributed by atoms with E-state index in [4.69, 9.17) is 10.5 Å². The fourth-order valence-corrected chi connectivity index (χ4v) is 2.75. The van der Waals surface area contributed by atoms with Gasteiger partial charge in [-0.1, -0.05) is 0 Å². The first-order valence-electron chi connectivity index (χ1n) is 6.82. The molecule has 6 nitrogen and oxygen atoms in total. The summed E-state index contributed by atoms with van der Waals surface area (Å²) in [5, 5.41) is 7.05. The third-order valence-electron chi connectivity index (χ3n) is 4.00. The van der Waals surface area contributed by atoms with Gasteiger partial charge in [-0.05, 0) is 19.3 Å². The Morgan fingerprint density at radius 2 is 2.32 bits per heavy atom. The van der Waals surface area contributed by atoms with E-state index in [1.165, 1.54) is 0 Å². The number of amides is 1. The molecule has 104 valence electrons. The van der Waals surface area contributed by atoms with E-state index >= 15 is 0 Å². The van der Waals surface area contributed by atoms with Crippen LogP contribution in [-0.2, 0) is 4.74 Å². The van der Waals surface area contributed by atoms with E-state index in [1.807, 2.05) is 4.90 Å². The van der Waals surface area contributed by atoms with Crippen LogP contribution in [0.2, 0.25) is 0 Å². The summed E-state index contributed by atoms with van der Waals surface area (Å²) in [5.74, 6) is 0.852. The Kier molecular flexibility index (Phi) is 3.18. The van der Waals surface area contributed by atoms with Gasteiger partial charge in [0.15, 0.2) is 5.69 Å². The highest BCUT2D eigenvalue weighted by molar-refractivity contribution is 5.97. The largest absolute Gasteiger partial charge is 0.395 e. The second-order valence-electron chi connectivity index (χ2n) is 5.54. The molecule has 1 saturated heterocycles. The van der Waals surface area contributed by atoms with Crippen molar-refractivity contribution in [2.24, 2.45) is 5.92 Å². The normalized spacial score (nSPS) is 23.0. The van der Waals surface area contributed by atoms with E-state index in [0.717, 1.165) is 38.0 Å². The zero-order chi connectivity index (χ0) is 13.4. The molecule has 3 N–H and O–H groups in total. The maximum absolute atomic E-state index is 12.4. The molecule has 3 rings (SSSR count). The van der Waals surface area contributed by atoms with Gasteiger partial charge in [0.2, 0.25) is 0 Å². The van der Waals surface area contributed by atoms with Crippen molar-refractivity contribution in [1.82, 2.24) is 15.1 Å². The Morgan fingerprint density at radius 1 is 1.53 bits per heavy atom. The van der Waals surface area contributed by atoms with Gasteiger partial charge in [0.1, 0.15) is 0 Å². The van der Waals surface area contributed by atoms with E-state index in [-0.39, 0.29) is 5.91 Å². The van der Waals surface area contributed by atoms with Crippen LogP contribution in [0, 0.1) is 5.92 Å². The maximum atomic E-state index is 12.4. The highest BCUT2D eigenvalue weighted by atomic mass is 16.5. The Balaban J connectivity index is 1.70. The van der Waals surface area contributed by atoms with Gasteiger partial charge >= 0.3 is 0 Å². The molecule has 2 heterocycles. The number of hydrogen-bond acceptors (Lipinski definition) is 4. The lowest BCUT2D eigenvalue weighted by molar-refractivity contribution is 0.0770. The number of carbonyl (C=O) groups is 1. The first-order valence-corrected chi connectivity index (χ1v) is 6.82. The lowest BCUT2D eigenvalue weighted by Crippen LogP contribution is -2.30. The molecule has 2 aliphatic rings. The fraction of sp³-hybridized carbons (Fsp3) is 0.692. The molecular formula is C13H20N4O2. The number of hydrogen-bond donors (Lipinski definition) is 2. The summed E-state index contributed by atoms with van der Waals surface area (Å²) < 4.78 is 5.14. The number of aromatic nitrogens is 2. The molecular weight excluding hydrogens is 244 g/mol. The summed E-state index contributed by atoms with van der Waals surface area (Å²) in [7, 11) is 1.69. The predicted octanol–water partition coefficient (Wildman–Crippen LogP) is 0.978. The highest BCUT2D eigenvalue weighted by Gasteiger charge is 2.33. The standard InChI is InChI=1S/C13H20N4O2/c1-19-7-8-4-5-17(6-8)13(18)12-10(14)11(15-16-12)9-2-3-9/h8-9H,2-7,14H2,1H3,(H,15,16). The summed E-state index contributed by atoms with van der Waals surface area (Å²) in [6.45, 7) is 2.20. The molecule has 1 aliphatic heterocycles. The Morgan fingerprint density at radius 3 is 3.00 bits per heavy atom. The van der Waals surface area contributed by atoms with Gasteiger partial charge in [0, 0.05) is 32.0 Å². The molecule has 1 saturated carbocycles. The van der Waals surface area contributed by atoms with Crippen LogP contribution in [-0.4, -0.2) is 47.8 Å². The van der Waals surface area contributed by atoms with Crippen molar-refractivity contribution in [2.45, 2.75) is 25.2 Å². The third kappa shape index (κ3) is 2.32. The smallest absolute Gasteiger partial charge is 0.276 e. The fourth-order valence-electron chi connectivity index (χ4n) is 2.75. The molecule has 0 aromatic carbocycles. The van der Waals surface area contributed by atoms with E-state index < -0.39 is 0 Å². The van der Waals surface area contributed by atoms with Gasteiger partial charge in [0.05, 0.1) is 18.0 Å². The van der Waals surface area contributed by atoms with Crippen molar-refractivity contribution >= 4 is 11.6 Å². The van der Waals surface area contributed by atoms with Gasteiger partial charge in [0.25, 0.3) is 5.91 Å². The number of aromatic amines is 1. The van der Waals surface area contributed by atoms with Gasteiger partial charge in [-0.15, -0.1) is 0 Å². The summed E-state index contributed by atoms with van der Waals surface area (Å²) in [6, 6.07) is 0. The van der Waals surface area contributed by atoms with Crippen LogP contribution in [0.15, 0.2) is 0 Å². The van der Waals surface area contributed by atoms with Crippen LogP contribution < -0.4 is 5.73 Å². The number of H-pyrrole nitrogens is 1. The SMILES string of the molecule is COCC1CCN(C(=O)c2n[nH]c(C3CC3)c2N)C1. The molecule has 1 aromatic rings. The van der Waals surface area contributed by atoms with Gasteiger partial charge < -0.3 is 15.4 Å². The topological polar surface area (TPSA) is 84.2 Å². The van der Waals surface area contributed by atoms with Gasteiger partial charge in [-0.25, -0.2) is 0 Å². The molecule has 6 heteroatoms. The number of nitrogen functional groups attached to an aromatic ring is 1. The second-order valence-corrected chi connectivity index (χ2v) is 5.54. The number of anilines is 1. The van der Waals surface area contributed by atoms with E-state index in [0.29, 0.717) is 29.8 Å². The van der Waals surface area contributed by atoms with Gasteiger partial charge in [-0.3, -0.25) is 9.89 Å². The highest BCUT2D eigenvalue weighted by Crippen LogP contribution is 2.42. The predicted molar refractivity (Wildman–Crippen MR) is 70.9 cm³/mol. The summed E-state index contributed by atoms with van der Waals surface area (Å²) >= 11 is 0. The minimum absolute atomic E-state index is 0.0562. The van der Waals surface area contributed by atoms with Crippen molar-refractivity contribution in [3.8, 4) is 0 Å². The Labute approximate surface area is 112 Å². The summed E-state index contributed by atoms with van der Waals surface area (Å²) in [4.78, 5) is 14.2. The van der Waals surface area contributed by atoms with Crippen LogP contribution in [0.1, 0.15) is 41.4 Å². The minimum Gasteiger partial charge on any atom is -0.395 e. The number of carbonyl (C=O) groups excluding carboxylic acids is 1. The number of rotatable bonds is 4. The third-order valence-corrected chi connectivity index (χ3v) is 4.00. The molecule has 1 atom stereocenters. The molecule has 1 aliphatic carbocycles.